The standard InChI is InChI=1S/C25H36N4O3/c1-17-9-10-21(20(15-17)25(4,5)6)32-18(2)24(30)26-11-14-31-23-16-22(27-19(3)28-23)29-12-7-8-13-29/h9-10,15-16,18H,7-8,11-14H2,1-6H3,(H,26,30). The Hall–Kier alpha value is -2.83. The molecule has 2 heterocycles. The average molecular weight is 441 g/mol. The summed E-state index contributed by atoms with van der Waals surface area (Å²) in [5, 5.41) is 2.88. The molecule has 0 saturated carbocycles. The van der Waals surface area contributed by atoms with Crippen molar-refractivity contribution in [2.45, 2.75) is 65.9 Å². The average Bonchev–Trinajstić information content (AvgIpc) is 3.26. The quantitative estimate of drug-likeness (QED) is 0.627. The largest absolute Gasteiger partial charge is 0.481 e. The van der Waals surface area contributed by atoms with Gasteiger partial charge in [-0.3, -0.25) is 4.79 Å². The Labute approximate surface area is 191 Å². The first kappa shape index (κ1) is 23.8. The fraction of sp³-hybridized carbons (Fsp3) is 0.560. The lowest BCUT2D eigenvalue weighted by Gasteiger charge is -2.25. The van der Waals surface area contributed by atoms with Gasteiger partial charge in [0.1, 0.15) is 24.0 Å². The van der Waals surface area contributed by atoms with Gasteiger partial charge >= 0.3 is 0 Å². The summed E-state index contributed by atoms with van der Waals surface area (Å²) in [6.45, 7) is 14.8. The van der Waals surface area contributed by atoms with Gasteiger partial charge in [-0.05, 0) is 50.7 Å². The third-order valence-corrected chi connectivity index (χ3v) is 5.50. The number of amides is 1. The molecule has 1 aliphatic heterocycles. The van der Waals surface area contributed by atoms with Crippen molar-refractivity contribution in [3.63, 3.8) is 0 Å². The number of aryl methyl sites for hydroxylation is 2. The van der Waals surface area contributed by atoms with Crippen molar-refractivity contribution >= 4 is 11.7 Å². The lowest BCUT2D eigenvalue weighted by Crippen LogP contribution is -2.38. The second-order valence-corrected chi connectivity index (χ2v) is 9.45. The summed E-state index contributed by atoms with van der Waals surface area (Å²) in [6.07, 6.45) is 1.76. The summed E-state index contributed by atoms with van der Waals surface area (Å²) in [6, 6.07) is 7.94. The zero-order valence-corrected chi connectivity index (χ0v) is 20.2. The Morgan fingerprint density at radius 1 is 1.16 bits per heavy atom. The minimum Gasteiger partial charge on any atom is -0.481 e. The molecule has 2 aromatic rings. The van der Waals surface area contributed by atoms with E-state index in [2.05, 4.69) is 53.9 Å². The number of hydrogen-bond donors (Lipinski definition) is 1. The number of rotatable bonds is 8. The molecule has 7 nitrogen and oxygen atoms in total. The normalized spacial score (nSPS) is 14.9. The van der Waals surface area contributed by atoms with Crippen molar-refractivity contribution in [2.75, 3.05) is 31.1 Å². The predicted octanol–water partition coefficient (Wildman–Crippen LogP) is 3.95. The minimum atomic E-state index is -0.609. The molecule has 0 bridgehead atoms. The Kier molecular flexibility index (Phi) is 7.59. The van der Waals surface area contributed by atoms with Crippen LogP contribution >= 0.6 is 0 Å². The van der Waals surface area contributed by atoms with Gasteiger partial charge in [0.15, 0.2) is 6.10 Å². The van der Waals surface area contributed by atoms with Crippen molar-refractivity contribution in [1.82, 2.24) is 15.3 Å². The first-order valence-electron chi connectivity index (χ1n) is 11.4. The maximum Gasteiger partial charge on any atom is 0.260 e. The van der Waals surface area contributed by atoms with E-state index >= 15 is 0 Å². The third-order valence-electron chi connectivity index (χ3n) is 5.50. The predicted molar refractivity (Wildman–Crippen MR) is 127 cm³/mol. The van der Waals surface area contributed by atoms with Crippen molar-refractivity contribution in [2.24, 2.45) is 0 Å². The minimum absolute atomic E-state index is 0.0744. The van der Waals surface area contributed by atoms with Gasteiger partial charge in [0, 0.05) is 19.2 Å². The van der Waals surface area contributed by atoms with Crippen LogP contribution in [-0.2, 0) is 10.2 Å². The van der Waals surface area contributed by atoms with E-state index in [1.54, 1.807) is 6.92 Å². The Morgan fingerprint density at radius 3 is 2.56 bits per heavy atom. The third kappa shape index (κ3) is 6.34. The van der Waals surface area contributed by atoms with E-state index in [0.717, 1.165) is 30.2 Å². The second kappa shape index (κ2) is 10.2. The zero-order chi connectivity index (χ0) is 23.3. The molecule has 3 rings (SSSR count). The molecule has 174 valence electrons. The molecule has 0 spiro atoms. The highest BCUT2D eigenvalue weighted by atomic mass is 16.5. The molecule has 7 heteroatoms. The van der Waals surface area contributed by atoms with E-state index in [9.17, 15) is 4.79 Å². The fourth-order valence-corrected chi connectivity index (χ4v) is 3.76. The summed E-state index contributed by atoms with van der Waals surface area (Å²) in [5.74, 6) is 2.69. The van der Waals surface area contributed by atoms with Gasteiger partial charge in [0.05, 0.1) is 6.54 Å². The van der Waals surface area contributed by atoms with E-state index in [1.807, 2.05) is 25.1 Å². The molecule has 1 atom stereocenters. The molecule has 1 fully saturated rings. The van der Waals surface area contributed by atoms with Crippen LogP contribution in [0, 0.1) is 13.8 Å². The van der Waals surface area contributed by atoms with E-state index < -0.39 is 6.10 Å². The summed E-state index contributed by atoms with van der Waals surface area (Å²) in [7, 11) is 0. The maximum atomic E-state index is 12.5. The van der Waals surface area contributed by atoms with E-state index in [0.29, 0.717) is 24.9 Å². The summed E-state index contributed by atoms with van der Waals surface area (Å²) in [5.41, 5.74) is 2.19. The molecular weight excluding hydrogens is 404 g/mol. The number of nitrogens with one attached hydrogen (secondary N) is 1. The first-order valence-corrected chi connectivity index (χ1v) is 11.4. The highest BCUT2D eigenvalue weighted by Gasteiger charge is 2.22. The summed E-state index contributed by atoms with van der Waals surface area (Å²) < 4.78 is 11.8. The fourth-order valence-electron chi connectivity index (χ4n) is 3.76. The molecular formula is C25H36N4O3. The topological polar surface area (TPSA) is 76.6 Å². The maximum absolute atomic E-state index is 12.5. The molecule has 0 radical (unpaired) electrons. The van der Waals surface area contributed by atoms with Crippen LogP contribution in [0.5, 0.6) is 11.6 Å². The van der Waals surface area contributed by atoms with E-state index in [1.165, 1.54) is 18.4 Å². The van der Waals surface area contributed by atoms with Crippen molar-refractivity contribution < 1.29 is 14.3 Å². The molecule has 1 aromatic heterocycles. The molecule has 1 aliphatic rings. The van der Waals surface area contributed by atoms with Gasteiger partial charge in [-0.1, -0.05) is 38.5 Å². The molecule has 32 heavy (non-hydrogen) atoms. The van der Waals surface area contributed by atoms with Crippen LogP contribution in [0.3, 0.4) is 0 Å². The van der Waals surface area contributed by atoms with Gasteiger partial charge in [0.25, 0.3) is 5.91 Å². The van der Waals surface area contributed by atoms with Crippen molar-refractivity contribution in [3.8, 4) is 11.6 Å². The lowest BCUT2D eigenvalue weighted by molar-refractivity contribution is -0.127. The molecule has 1 amide bonds. The van der Waals surface area contributed by atoms with Crippen molar-refractivity contribution in [1.29, 1.82) is 0 Å². The Balaban J connectivity index is 1.50. The van der Waals surface area contributed by atoms with Crippen LogP contribution in [-0.4, -0.2) is 48.2 Å². The van der Waals surface area contributed by atoms with Crippen LogP contribution in [0.15, 0.2) is 24.3 Å². The van der Waals surface area contributed by atoms with Gasteiger partial charge in [-0.2, -0.15) is 4.98 Å². The van der Waals surface area contributed by atoms with Crippen LogP contribution in [0.1, 0.15) is 57.5 Å². The molecule has 1 unspecified atom stereocenters. The van der Waals surface area contributed by atoms with E-state index in [-0.39, 0.29) is 11.3 Å². The Bertz CT molecular complexity index is 933. The summed E-state index contributed by atoms with van der Waals surface area (Å²) in [4.78, 5) is 23.7. The Morgan fingerprint density at radius 2 is 1.88 bits per heavy atom. The van der Waals surface area contributed by atoms with Crippen LogP contribution in [0.4, 0.5) is 5.82 Å². The number of ether oxygens (including phenoxy) is 2. The number of carbonyl (C=O) groups is 1. The number of aromatic nitrogens is 2. The highest BCUT2D eigenvalue weighted by molar-refractivity contribution is 5.80. The molecule has 1 saturated heterocycles. The van der Waals surface area contributed by atoms with Gasteiger partial charge in [-0.25, -0.2) is 4.98 Å². The number of anilines is 1. The zero-order valence-electron chi connectivity index (χ0n) is 20.2. The van der Waals surface area contributed by atoms with E-state index in [4.69, 9.17) is 9.47 Å². The number of hydrogen-bond acceptors (Lipinski definition) is 6. The van der Waals surface area contributed by atoms with Gasteiger partial charge < -0.3 is 19.7 Å². The van der Waals surface area contributed by atoms with Crippen LogP contribution < -0.4 is 19.7 Å². The molecule has 1 aromatic carbocycles. The van der Waals surface area contributed by atoms with Crippen LogP contribution in [0.25, 0.3) is 0 Å². The monoisotopic (exact) mass is 440 g/mol. The number of nitrogens with zero attached hydrogens (tertiary/aromatic N) is 3. The first-order chi connectivity index (χ1) is 15.1. The second-order valence-electron chi connectivity index (χ2n) is 9.45. The SMILES string of the molecule is Cc1ccc(OC(C)C(=O)NCCOc2cc(N3CCCC3)nc(C)n2)c(C(C)(C)C)c1. The highest BCUT2D eigenvalue weighted by Crippen LogP contribution is 2.32. The van der Waals surface area contributed by atoms with Crippen LogP contribution in [0.2, 0.25) is 0 Å². The smallest absolute Gasteiger partial charge is 0.260 e. The molecule has 0 aliphatic carbocycles. The summed E-state index contributed by atoms with van der Waals surface area (Å²) >= 11 is 0. The number of benzene rings is 1. The lowest BCUT2D eigenvalue weighted by atomic mass is 9.85. The van der Waals surface area contributed by atoms with Crippen molar-refractivity contribution in [3.05, 3.63) is 41.2 Å². The van der Waals surface area contributed by atoms with Gasteiger partial charge in [0.2, 0.25) is 5.88 Å². The van der Waals surface area contributed by atoms with Gasteiger partial charge in [-0.15, -0.1) is 0 Å². The molecule has 1 N–H and O–H groups in total. The number of carbonyl (C=O) groups excluding carboxylic acids is 1.